The third kappa shape index (κ3) is 2.16. The summed E-state index contributed by atoms with van der Waals surface area (Å²) in [6, 6.07) is 5.67. The molecule has 0 fully saturated rings. The predicted molar refractivity (Wildman–Crippen MR) is 68.0 cm³/mol. The highest BCUT2D eigenvalue weighted by Gasteiger charge is 2.08. The summed E-state index contributed by atoms with van der Waals surface area (Å²) in [5.74, 6) is 0. The summed E-state index contributed by atoms with van der Waals surface area (Å²) >= 11 is 5.88. The molecule has 1 aliphatic heterocycles. The zero-order chi connectivity index (χ0) is 11.7. The zero-order valence-electron chi connectivity index (χ0n) is 9.19. The summed E-state index contributed by atoms with van der Waals surface area (Å²) in [5, 5.41) is 0.498. The molecule has 0 aromatic carbocycles. The Morgan fingerprint density at radius 3 is 3.00 bits per heavy atom. The van der Waals surface area contributed by atoms with Crippen molar-refractivity contribution in [3.05, 3.63) is 41.2 Å². The molecule has 0 saturated carbocycles. The lowest BCUT2D eigenvalue weighted by molar-refractivity contribution is 0.161. The first kappa shape index (κ1) is 10.7. The van der Waals surface area contributed by atoms with Gasteiger partial charge in [0.2, 0.25) is 0 Å². The SMILES string of the molecule is Clc1ccc2ncc(C3=CCOCC3)cc2n1. The molecule has 0 saturated heterocycles. The fourth-order valence-corrected chi connectivity index (χ4v) is 2.10. The molecule has 0 aliphatic carbocycles. The van der Waals surface area contributed by atoms with Crippen LogP contribution in [0.15, 0.2) is 30.5 Å². The van der Waals surface area contributed by atoms with Crippen LogP contribution in [0, 0.1) is 0 Å². The van der Waals surface area contributed by atoms with Gasteiger partial charge in [-0.1, -0.05) is 17.7 Å². The minimum atomic E-state index is 0.498. The summed E-state index contributed by atoms with van der Waals surface area (Å²) in [6.45, 7) is 1.45. The van der Waals surface area contributed by atoms with E-state index in [1.165, 1.54) is 5.57 Å². The molecular weight excluding hydrogens is 236 g/mol. The molecule has 1 aliphatic rings. The maximum atomic E-state index is 5.88. The van der Waals surface area contributed by atoms with Crippen LogP contribution in [0.5, 0.6) is 0 Å². The van der Waals surface area contributed by atoms with Gasteiger partial charge in [0.25, 0.3) is 0 Å². The van der Waals surface area contributed by atoms with E-state index >= 15 is 0 Å². The maximum absolute atomic E-state index is 5.88. The third-order valence-corrected chi connectivity index (χ3v) is 3.05. The normalized spacial score (nSPS) is 15.9. The molecule has 0 atom stereocenters. The summed E-state index contributed by atoms with van der Waals surface area (Å²) in [4.78, 5) is 8.67. The Hall–Kier alpha value is -1.45. The van der Waals surface area contributed by atoms with E-state index in [1.54, 1.807) is 6.07 Å². The molecule has 0 radical (unpaired) electrons. The van der Waals surface area contributed by atoms with Crippen LogP contribution in [0.4, 0.5) is 0 Å². The van der Waals surface area contributed by atoms with Gasteiger partial charge in [-0.3, -0.25) is 4.98 Å². The first-order valence-corrected chi connectivity index (χ1v) is 5.90. The Kier molecular flexibility index (Phi) is 2.79. The largest absolute Gasteiger partial charge is 0.377 e. The van der Waals surface area contributed by atoms with Gasteiger partial charge in [-0.2, -0.15) is 0 Å². The summed E-state index contributed by atoms with van der Waals surface area (Å²) < 4.78 is 5.29. The van der Waals surface area contributed by atoms with Crippen LogP contribution in [-0.4, -0.2) is 23.2 Å². The average Bonchev–Trinajstić information content (AvgIpc) is 2.39. The minimum Gasteiger partial charge on any atom is -0.377 e. The lowest BCUT2D eigenvalue weighted by Gasteiger charge is -2.13. The molecule has 0 unspecified atom stereocenters. The van der Waals surface area contributed by atoms with Crippen LogP contribution in [0.2, 0.25) is 5.15 Å². The van der Waals surface area contributed by atoms with Crippen LogP contribution < -0.4 is 0 Å². The van der Waals surface area contributed by atoms with Crippen molar-refractivity contribution in [1.29, 1.82) is 0 Å². The molecule has 2 aromatic heterocycles. The van der Waals surface area contributed by atoms with Gasteiger partial charge < -0.3 is 4.74 Å². The number of fused-ring (bicyclic) bond motifs is 1. The minimum absolute atomic E-state index is 0.498. The van der Waals surface area contributed by atoms with Crippen molar-refractivity contribution in [3.63, 3.8) is 0 Å². The quantitative estimate of drug-likeness (QED) is 0.726. The Balaban J connectivity index is 2.09. The molecular formula is C13H11ClN2O. The zero-order valence-corrected chi connectivity index (χ0v) is 9.94. The highest BCUT2D eigenvalue weighted by molar-refractivity contribution is 6.29. The molecule has 4 heteroatoms. The topological polar surface area (TPSA) is 35.0 Å². The van der Waals surface area contributed by atoms with Gasteiger partial charge in [-0.05, 0) is 35.8 Å². The van der Waals surface area contributed by atoms with Gasteiger partial charge in [-0.15, -0.1) is 0 Å². The fraction of sp³-hybridized carbons (Fsp3) is 0.231. The van der Waals surface area contributed by atoms with E-state index in [4.69, 9.17) is 16.3 Å². The standard InChI is InChI=1S/C13H11ClN2O/c14-13-2-1-11-12(16-13)7-10(8-15-11)9-3-5-17-6-4-9/h1-3,7-8H,4-6H2. The lowest BCUT2D eigenvalue weighted by Crippen LogP contribution is -2.04. The number of nitrogens with zero attached hydrogens (tertiary/aromatic N) is 2. The van der Waals surface area contributed by atoms with Crippen molar-refractivity contribution >= 4 is 28.2 Å². The van der Waals surface area contributed by atoms with Crippen molar-refractivity contribution < 1.29 is 4.74 Å². The van der Waals surface area contributed by atoms with E-state index < -0.39 is 0 Å². The number of hydrogen-bond acceptors (Lipinski definition) is 3. The number of aromatic nitrogens is 2. The molecule has 3 rings (SSSR count). The van der Waals surface area contributed by atoms with E-state index in [0.717, 1.165) is 29.6 Å². The van der Waals surface area contributed by atoms with E-state index in [-0.39, 0.29) is 0 Å². The van der Waals surface area contributed by atoms with Crippen LogP contribution in [-0.2, 0) is 4.74 Å². The molecule has 2 aromatic rings. The van der Waals surface area contributed by atoms with Crippen LogP contribution in [0.3, 0.4) is 0 Å². The van der Waals surface area contributed by atoms with Crippen molar-refractivity contribution in [3.8, 4) is 0 Å². The molecule has 3 heterocycles. The second-order valence-corrected chi connectivity index (χ2v) is 4.34. The number of ether oxygens (including phenoxy) is 1. The second-order valence-electron chi connectivity index (χ2n) is 3.95. The highest BCUT2D eigenvalue weighted by Crippen LogP contribution is 2.23. The molecule has 0 amide bonds. The first-order chi connectivity index (χ1) is 8.33. The second kappa shape index (κ2) is 4.43. The number of rotatable bonds is 1. The van der Waals surface area contributed by atoms with Crippen LogP contribution in [0.1, 0.15) is 12.0 Å². The smallest absolute Gasteiger partial charge is 0.129 e. The van der Waals surface area contributed by atoms with Gasteiger partial charge in [0.05, 0.1) is 24.2 Å². The first-order valence-electron chi connectivity index (χ1n) is 5.52. The van der Waals surface area contributed by atoms with E-state index in [2.05, 4.69) is 16.0 Å². The van der Waals surface area contributed by atoms with E-state index in [9.17, 15) is 0 Å². The van der Waals surface area contributed by atoms with Crippen molar-refractivity contribution in [2.45, 2.75) is 6.42 Å². The maximum Gasteiger partial charge on any atom is 0.129 e. The van der Waals surface area contributed by atoms with Gasteiger partial charge in [0.15, 0.2) is 0 Å². The molecule has 0 spiro atoms. The number of pyridine rings is 2. The Bertz CT molecular complexity index is 595. The highest BCUT2D eigenvalue weighted by atomic mass is 35.5. The third-order valence-electron chi connectivity index (χ3n) is 2.84. The molecule has 17 heavy (non-hydrogen) atoms. The monoisotopic (exact) mass is 246 g/mol. The van der Waals surface area contributed by atoms with E-state index in [0.29, 0.717) is 11.8 Å². The Morgan fingerprint density at radius 1 is 1.24 bits per heavy atom. The lowest BCUT2D eigenvalue weighted by atomic mass is 10.0. The van der Waals surface area contributed by atoms with Gasteiger partial charge in [0.1, 0.15) is 5.15 Å². The van der Waals surface area contributed by atoms with Crippen molar-refractivity contribution in [1.82, 2.24) is 9.97 Å². The Labute approximate surface area is 104 Å². The number of halogens is 1. The molecule has 86 valence electrons. The van der Waals surface area contributed by atoms with Crippen molar-refractivity contribution in [2.75, 3.05) is 13.2 Å². The average molecular weight is 247 g/mol. The summed E-state index contributed by atoms with van der Waals surface area (Å²) in [7, 11) is 0. The van der Waals surface area contributed by atoms with Crippen LogP contribution in [0.25, 0.3) is 16.6 Å². The summed E-state index contributed by atoms with van der Waals surface area (Å²) in [6.07, 6.45) is 4.90. The summed E-state index contributed by atoms with van der Waals surface area (Å²) in [5.41, 5.74) is 4.08. The fourth-order valence-electron chi connectivity index (χ4n) is 1.95. The predicted octanol–water partition coefficient (Wildman–Crippen LogP) is 3.09. The molecule has 0 N–H and O–H groups in total. The number of hydrogen-bond donors (Lipinski definition) is 0. The van der Waals surface area contributed by atoms with E-state index in [1.807, 2.05) is 18.3 Å². The molecule has 0 bridgehead atoms. The van der Waals surface area contributed by atoms with Crippen molar-refractivity contribution in [2.24, 2.45) is 0 Å². The molecule has 3 nitrogen and oxygen atoms in total. The van der Waals surface area contributed by atoms with Gasteiger partial charge in [-0.25, -0.2) is 4.98 Å². The van der Waals surface area contributed by atoms with Gasteiger partial charge >= 0.3 is 0 Å². The van der Waals surface area contributed by atoms with Crippen LogP contribution >= 0.6 is 11.6 Å². The van der Waals surface area contributed by atoms with Gasteiger partial charge in [0, 0.05) is 6.20 Å². The Morgan fingerprint density at radius 2 is 2.18 bits per heavy atom.